The second-order valence-corrected chi connectivity index (χ2v) is 26.4. The van der Waals surface area contributed by atoms with E-state index >= 15 is 0 Å². The van der Waals surface area contributed by atoms with Crippen LogP contribution in [0.3, 0.4) is 0 Å². The van der Waals surface area contributed by atoms with E-state index in [1.54, 1.807) is 32.0 Å². The fraction of sp³-hybridized carbons (Fsp3) is 0.311. The van der Waals surface area contributed by atoms with E-state index in [9.17, 15) is 53.9 Å². The van der Waals surface area contributed by atoms with Crippen LogP contribution in [0.5, 0.6) is 0 Å². The van der Waals surface area contributed by atoms with Gasteiger partial charge in [-0.15, -0.1) is 0 Å². The monoisotopic (exact) mass is 1440 g/mol. The van der Waals surface area contributed by atoms with Crippen molar-refractivity contribution in [1.82, 2.24) is 5.32 Å². The molecule has 0 radical (unpaired) electrons. The van der Waals surface area contributed by atoms with Crippen LogP contribution in [-0.4, -0.2) is 94.0 Å². The molecular weight excluding hydrogens is 1400 g/mol. The molecule has 3 unspecified atom stereocenters. The number of halogens is 16. The van der Waals surface area contributed by atoms with Gasteiger partial charge in [0.2, 0.25) is 0 Å². The number of oxime groups is 3. The van der Waals surface area contributed by atoms with Gasteiger partial charge in [0.05, 0.1) is 22.7 Å². The van der Waals surface area contributed by atoms with Crippen molar-refractivity contribution in [3.05, 3.63) is 207 Å². The smallest absolute Gasteiger partial charge is 0.435 e. The molecule has 0 aliphatic carbocycles. The number of carbonyl (C=O) groups is 3. The van der Waals surface area contributed by atoms with Crippen LogP contribution in [0.1, 0.15) is 94.8 Å². The van der Waals surface area contributed by atoms with Crippen LogP contribution in [0.25, 0.3) is 0 Å². The summed E-state index contributed by atoms with van der Waals surface area (Å²) in [7, 11) is 0. The molecular formula is C61H49Cl7F9N5O7S2. The molecule has 0 saturated carbocycles. The number of hydrogen-bond donors (Lipinski definition) is 3. The topological polar surface area (TPSA) is 174 Å². The van der Waals surface area contributed by atoms with Gasteiger partial charge in [-0.2, -0.15) is 63.0 Å². The zero-order chi connectivity index (χ0) is 66.6. The second-order valence-electron chi connectivity index (χ2n) is 21.3. The lowest BCUT2D eigenvalue weighted by atomic mass is 9.86. The molecule has 2 fully saturated rings. The summed E-state index contributed by atoms with van der Waals surface area (Å²) in [5, 5.41) is 22.5. The zero-order valence-electron chi connectivity index (χ0n) is 47.2. The number of aromatic carboxylic acids is 1. The number of carboxylic acids is 1. The molecule has 0 aromatic heterocycles. The third-order valence-electron chi connectivity index (χ3n) is 14.9. The second kappa shape index (κ2) is 29.0. The van der Waals surface area contributed by atoms with Gasteiger partial charge in [-0.1, -0.05) is 109 Å². The first-order valence-corrected chi connectivity index (χ1v) is 31.9. The van der Waals surface area contributed by atoms with E-state index in [-0.39, 0.29) is 81.0 Å². The minimum Gasteiger partial charge on any atom is -0.478 e. The molecule has 5 heterocycles. The summed E-state index contributed by atoms with van der Waals surface area (Å²) < 4.78 is 126. The quantitative estimate of drug-likeness (QED) is 0.0790. The number of aryl methyl sites for hydroxylation is 2. The van der Waals surface area contributed by atoms with E-state index in [4.69, 9.17) is 107 Å². The summed E-state index contributed by atoms with van der Waals surface area (Å²) in [5.74, 6) is 4.69. The molecule has 0 spiro atoms. The maximum atomic E-state index is 14.1. The predicted octanol–water partition coefficient (Wildman–Crippen LogP) is 17.8. The maximum Gasteiger partial charge on any atom is 0.435 e. The SMILES string of the molecule is Cc1cc(C2=NOC(c3cc(Cl)cc(Cl)c3)(C(F)(F)F)C2)ccc1C(=O)Cl.Cc1cc(C2=NOC(c3cc(Cl)cc(Cl)c3)(C(F)(F)F)C2)ccc1C(=O)NCC1CSC1.NCC1CSC1.O=C(O)c1ccc(C2=NOC(c3cc(Cl)cc(Cl)c3)(C(F)(F)F)C2)cc1. The summed E-state index contributed by atoms with van der Waals surface area (Å²) in [5.41, 5.74) is -0.179. The molecule has 30 heteroatoms. The van der Waals surface area contributed by atoms with Gasteiger partial charge in [0.15, 0.2) is 0 Å². The Bertz CT molecular complexity index is 3780. The van der Waals surface area contributed by atoms with Crippen molar-refractivity contribution in [3.63, 3.8) is 0 Å². The average molecular weight is 1450 g/mol. The number of nitrogens with one attached hydrogen (secondary N) is 1. The molecule has 91 heavy (non-hydrogen) atoms. The standard InChI is InChI=1S/C22H19Cl2F3N2O2S.C18H11Cl3F3NO2.C17H10Cl2F3NO3.C4H9NS/c1-12-4-14(2-3-18(12)20(30)28-9-13-10-32-11-13)19-8-21(31-29-19,22(25,26)27)15-5-16(23)7-17(24)6-15;1-9-4-10(2-3-14(9)16(21)26)15-8-17(27-25-15,18(22,23)24)11-5-12(19)7-13(20)6-11;18-12-5-11(6-13(19)7-12)16(17(20,21)22)8-14(23-26-16)9-1-3-10(4-2-9)15(24)25;5-1-4-2-6-3-4/h2-7,13H,8-11H2,1H3,(H,28,30);2-7H,8H2,1H3;1-7H,8H2,(H,24,25);4H,1-3,5H2. The minimum atomic E-state index is -4.78. The van der Waals surface area contributed by atoms with Crippen molar-refractivity contribution < 1.29 is 73.5 Å². The third-order valence-corrected chi connectivity index (χ3v) is 19.2. The number of carboxylic acid groups (broad SMARTS) is 1. The Hall–Kier alpha value is -5.60. The largest absolute Gasteiger partial charge is 0.478 e. The summed E-state index contributed by atoms with van der Waals surface area (Å²) in [6.45, 7) is 4.88. The molecule has 5 aliphatic rings. The van der Waals surface area contributed by atoms with Crippen molar-refractivity contribution in [2.75, 3.05) is 36.1 Å². The van der Waals surface area contributed by atoms with Crippen molar-refractivity contribution in [2.45, 2.75) is 68.4 Å². The number of alkyl halides is 9. The third kappa shape index (κ3) is 16.3. The van der Waals surface area contributed by atoms with E-state index < -0.39 is 65.8 Å². The Kier molecular flexibility index (Phi) is 22.7. The summed E-state index contributed by atoms with van der Waals surface area (Å²) >= 11 is 44.6. The lowest BCUT2D eigenvalue weighted by molar-refractivity contribution is -0.276. The fourth-order valence-corrected chi connectivity index (χ4v) is 13.1. The molecule has 1 amide bonds. The highest BCUT2D eigenvalue weighted by molar-refractivity contribution is 8.00. The van der Waals surface area contributed by atoms with E-state index in [1.165, 1.54) is 84.3 Å². The van der Waals surface area contributed by atoms with Crippen LogP contribution < -0.4 is 11.1 Å². The normalized spacial score (nSPS) is 20.4. The van der Waals surface area contributed by atoms with Gasteiger partial charge in [-0.3, -0.25) is 9.59 Å². The molecule has 2 saturated heterocycles. The zero-order valence-corrected chi connectivity index (χ0v) is 54.1. The van der Waals surface area contributed by atoms with Crippen molar-refractivity contribution in [2.24, 2.45) is 33.0 Å². The number of benzene rings is 6. The first-order valence-electron chi connectivity index (χ1n) is 26.9. The Morgan fingerprint density at radius 3 is 1.13 bits per heavy atom. The summed E-state index contributed by atoms with van der Waals surface area (Å²) in [6.07, 6.45) is -16.0. The number of amides is 1. The van der Waals surface area contributed by atoms with E-state index in [0.717, 1.165) is 48.2 Å². The number of hydrogen-bond acceptors (Lipinski definition) is 12. The minimum absolute atomic E-state index is 0.0111. The van der Waals surface area contributed by atoms with Gasteiger partial charge in [-0.05, 0) is 186 Å². The van der Waals surface area contributed by atoms with Crippen LogP contribution in [0.4, 0.5) is 39.5 Å². The molecule has 0 bridgehead atoms. The summed E-state index contributed by atoms with van der Waals surface area (Å²) in [6, 6.07) is 25.5. The van der Waals surface area contributed by atoms with Crippen molar-refractivity contribution in [3.8, 4) is 0 Å². The number of nitrogens with two attached hydrogens (primary N) is 1. The van der Waals surface area contributed by atoms with E-state index in [2.05, 4.69) is 20.8 Å². The Morgan fingerprint density at radius 2 is 0.857 bits per heavy atom. The molecule has 11 rings (SSSR count). The van der Waals surface area contributed by atoms with Gasteiger partial charge in [-0.25, -0.2) is 4.79 Å². The van der Waals surface area contributed by atoms with E-state index in [0.29, 0.717) is 45.8 Å². The van der Waals surface area contributed by atoms with Gasteiger partial charge in [0.25, 0.3) is 28.0 Å². The molecule has 5 aliphatic heterocycles. The highest BCUT2D eigenvalue weighted by atomic mass is 35.5. The van der Waals surface area contributed by atoms with Crippen molar-refractivity contribution >= 4 is 139 Å². The Labute approximate surface area is 558 Å². The number of rotatable bonds is 12. The van der Waals surface area contributed by atoms with Gasteiger partial charge < -0.3 is 30.7 Å². The highest BCUT2D eigenvalue weighted by Crippen LogP contribution is 2.53. The predicted molar refractivity (Wildman–Crippen MR) is 338 cm³/mol. The van der Waals surface area contributed by atoms with Gasteiger partial charge in [0, 0.05) is 83.8 Å². The molecule has 6 aromatic rings. The van der Waals surface area contributed by atoms with Gasteiger partial charge in [0.1, 0.15) is 0 Å². The van der Waals surface area contributed by atoms with Crippen LogP contribution in [0, 0.1) is 25.7 Å². The maximum absolute atomic E-state index is 14.1. The Balaban J connectivity index is 0.000000169. The van der Waals surface area contributed by atoms with E-state index in [1.807, 2.05) is 23.5 Å². The van der Waals surface area contributed by atoms with Gasteiger partial charge >= 0.3 is 24.5 Å². The number of thioether (sulfide) groups is 2. The molecule has 12 nitrogen and oxygen atoms in total. The number of nitrogens with zero attached hydrogens (tertiary/aromatic N) is 3. The fourth-order valence-electron chi connectivity index (χ4n) is 9.66. The van der Waals surface area contributed by atoms with Crippen LogP contribution in [-0.2, 0) is 31.3 Å². The molecule has 484 valence electrons. The highest BCUT2D eigenvalue weighted by Gasteiger charge is 2.65. The van der Waals surface area contributed by atoms with Crippen molar-refractivity contribution in [1.29, 1.82) is 0 Å². The average Bonchev–Trinajstić information content (AvgIpc) is 1.67. The first kappa shape index (κ1) is 71.3. The molecule has 3 atom stereocenters. The van der Waals surface area contributed by atoms with Crippen LogP contribution in [0.15, 0.2) is 131 Å². The molecule has 6 aromatic carbocycles. The molecule has 4 N–H and O–H groups in total. The van der Waals surface area contributed by atoms with Crippen LogP contribution in [0.2, 0.25) is 30.1 Å². The lowest BCUT2D eigenvalue weighted by Gasteiger charge is -2.29. The lowest BCUT2D eigenvalue weighted by Crippen LogP contribution is -2.42. The number of carbonyl (C=O) groups excluding carboxylic acids is 2. The van der Waals surface area contributed by atoms with Crippen LogP contribution >= 0.6 is 105 Å². The summed E-state index contributed by atoms with van der Waals surface area (Å²) in [4.78, 5) is 49.5. The Morgan fingerprint density at radius 1 is 0.527 bits per heavy atom. The first-order chi connectivity index (χ1) is 42.7.